The molecule has 0 radical (unpaired) electrons. The van der Waals surface area contributed by atoms with E-state index >= 15 is 0 Å². The molecule has 0 unspecified atom stereocenters. The van der Waals surface area contributed by atoms with Crippen molar-refractivity contribution in [1.29, 1.82) is 0 Å². The summed E-state index contributed by atoms with van der Waals surface area (Å²) in [6.45, 7) is 1.36. The van der Waals surface area contributed by atoms with Gasteiger partial charge in [-0.3, -0.25) is 14.4 Å². The van der Waals surface area contributed by atoms with Crippen LogP contribution in [-0.4, -0.2) is 23.9 Å². The van der Waals surface area contributed by atoms with Crippen LogP contribution < -0.4 is 20.8 Å². The number of aromatic nitrogens is 1. The fourth-order valence-corrected chi connectivity index (χ4v) is 2.66. The third kappa shape index (κ3) is 3.64. The number of carbonyl (C=O) groups excluding carboxylic acids is 2. The van der Waals surface area contributed by atoms with E-state index in [0.29, 0.717) is 11.4 Å². The van der Waals surface area contributed by atoms with Gasteiger partial charge < -0.3 is 20.4 Å². The topological polar surface area (TPSA) is 100 Å². The molecule has 3 rings (SSSR count). The van der Waals surface area contributed by atoms with E-state index in [2.05, 4.69) is 15.6 Å². The number of ether oxygens (including phenoxy) is 1. The van der Waals surface area contributed by atoms with Crippen LogP contribution in [-0.2, 0) is 4.79 Å². The van der Waals surface area contributed by atoms with Gasteiger partial charge in [0.2, 0.25) is 11.3 Å². The monoisotopic (exact) mass is 369 g/mol. The lowest BCUT2D eigenvalue weighted by Gasteiger charge is -2.12. The van der Waals surface area contributed by atoms with Crippen LogP contribution >= 0.6 is 0 Å². The summed E-state index contributed by atoms with van der Waals surface area (Å²) >= 11 is 0. The quantitative estimate of drug-likeness (QED) is 0.658. The molecule has 2 aromatic carbocycles. The molecule has 0 saturated carbocycles. The zero-order valence-corrected chi connectivity index (χ0v) is 14.6. The minimum atomic E-state index is -0.694. The number of H-pyrrole nitrogens is 1. The smallest absolute Gasteiger partial charge is 0.261 e. The van der Waals surface area contributed by atoms with Gasteiger partial charge in [0, 0.05) is 24.2 Å². The number of amides is 2. The average molecular weight is 369 g/mol. The Morgan fingerprint density at radius 3 is 2.63 bits per heavy atom. The fourth-order valence-electron chi connectivity index (χ4n) is 2.66. The number of pyridine rings is 1. The van der Waals surface area contributed by atoms with Gasteiger partial charge in [0.05, 0.1) is 18.3 Å². The fraction of sp³-hybridized carbons (Fsp3) is 0.105. The maximum atomic E-state index is 13.8. The summed E-state index contributed by atoms with van der Waals surface area (Å²) in [5.41, 5.74) is -0.0253. The molecule has 27 heavy (non-hydrogen) atoms. The highest BCUT2D eigenvalue weighted by Gasteiger charge is 2.16. The largest absolute Gasteiger partial charge is 0.495 e. The number of methoxy groups -OCH3 is 1. The van der Waals surface area contributed by atoms with Gasteiger partial charge in [-0.2, -0.15) is 0 Å². The number of benzene rings is 2. The number of carbonyl (C=O) groups is 2. The van der Waals surface area contributed by atoms with Crippen molar-refractivity contribution in [1.82, 2.24) is 4.98 Å². The van der Waals surface area contributed by atoms with E-state index in [9.17, 15) is 18.8 Å². The number of halogens is 1. The lowest BCUT2D eigenvalue weighted by atomic mass is 10.1. The van der Waals surface area contributed by atoms with Crippen LogP contribution in [0.2, 0.25) is 0 Å². The van der Waals surface area contributed by atoms with Gasteiger partial charge in [0.25, 0.3) is 5.91 Å². The molecule has 138 valence electrons. The lowest BCUT2D eigenvalue weighted by Crippen LogP contribution is -2.22. The first kappa shape index (κ1) is 18.1. The van der Waals surface area contributed by atoms with Crippen LogP contribution in [0.1, 0.15) is 17.3 Å². The van der Waals surface area contributed by atoms with E-state index in [1.165, 1.54) is 38.3 Å². The summed E-state index contributed by atoms with van der Waals surface area (Å²) in [5.74, 6) is -1.20. The molecule has 3 aromatic rings. The first-order valence-corrected chi connectivity index (χ1v) is 7.97. The Hall–Kier alpha value is -3.68. The SMILES string of the molecule is COc1ccc(NC(C)=O)cc1NC(=O)c1c[nH]c2c(F)cccc2c1=O. The summed E-state index contributed by atoms with van der Waals surface area (Å²) in [6.07, 6.45) is 1.16. The van der Waals surface area contributed by atoms with E-state index in [0.717, 1.165) is 6.20 Å². The van der Waals surface area contributed by atoms with Crippen LogP contribution in [0.3, 0.4) is 0 Å². The Labute approximate surface area is 153 Å². The molecular formula is C19H16FN3O4. The van der Waals surface area contributed by atoms with Crippen molar-refractivity contribution >= 4 is 34.1 Å². The Morgan fingerprint density at radius 2 is 1.93 bits per heavy atom. The molecule has 0 aliphatic rings. The zero-order valence-electron chi connectivity index (χ0n) is 14.6. The van der Waals surface area contributed by atoms with Crippen LogP contribution in [0.15, 0.2) is 47.4 Å². The maximum Gasteiger partial charge on any atom is 0.261 e. The van der Waals surface area contributed by atoms with Gasteiger partial charge in [-0.1, -0.05) is 6.07 Å². The Balaban J connectivity index is 1.98. The summed E-state index contributed by atoms with van der Waals surface area (Å²) in [5, 5.41) is 5.25. The molecule has 0 aliphatic heterocycles. The Kier molecular flexibility index (Phi) is 4.89. The molecule has 7 nitrogen and oxygen atoms in total. The molecule has 0 fully saturated rings. The Morgan fingerprint density at radius 1 is 1.15 bits per heavy atom. The molecular weight excluding hydrogens is 353 g/mol. The van der Waals surface area contributed by atoms with Gasteiger partial charge >= 0.3 is 0 Å². The standard InChI is InChI=1S/C19H16FN3O4/c1-10(24)22-11-6-7-16(27-2)15(8-11)23-19(26)13-9-21-17-12(18(13)25)4-3-5-14(17)20/h3-9H,1-2H3,(H,21,25)(H,22,24)(H,23,26). The molecule has 0 saturated heterocycles. The lowest BCUT2D eigenvalue weighted by molar-refractivity contribution is -0.114. The third-order valence-electron chi connectivity index (χ3n) is 3.88. The first-order valence-electron chi connectivity index (χ1n) is 7.97. The molecule has 0 bridgehead atoms. The number of fused-ring (bicyclic) bond motifs is 1. The summed E-state index contributed by atoms with van der Waals surface area (Å²) in [7, 11) is 1.43. The van der Waals surface area contributed by atoms with Crippen molar-refractivity contribution in [2.45, 2.75) is 6.92 Å². The van der Waals surface area contributed by atoms with Gasteiger partial charge in [-0.15, -0.1) is 0 Å². The molecule has 0 spiro atoms. The van der Waals surface area contributed by atoms with Crippen molar-refractivity contribution in [3.63, 3.8) is 0 Å². The van der Waals surface area contributed by atoms with Crippen LogP contribution in [0, 0.1) is 5.82 Å². The van der Waals surface area contributed by atoms with Crippen molar-refractivity contribution < 1.29 is 18.7 Å². The van der Waals surface area contributed by atoms with E-state index < -0.39 is 17.2 Å². The number of nitrogens with one attached hydrogen (secondary N) is 3. The number of anilines is 2. The second-order valence-corrected chi connectivity index (χ2v) is 5.74. The van der Waals surface area contributed by atoms with Crippen molar-refractivity contribution in [2.75, 3.05) is 17.7 Å². The van der Waals surface area contributed by atoms with Crippen LogP contribution in [0.5, 0.6) is 5.75 Å². The Bertz CT molecular complexity index is 1110. The summed E-state index contributed by atoms with van der Waals surface area (Å²) in [4.78, 5) is 39.0. The highest BCUT2D eigenvalue weighted by atomic mass is 19.1. The molecule has 1 heterocycles. The minimum Gasteiger partial charge on any atom is -0.495 e. The number of hydrogen-bond donors (Lipinski definition) is 3. The summed E-state index contributed by atoms with van der Waals surface area (Å²) < 4.78 is 19.0. The molecule has 2 amide bonds. The molecule has 0 aliphatic carbocycles. The number of aromatic amines is 1. The van der Waals surface area contributed by atoms with Gasteiger partial charge in [-0.05, 0) is 30.3 Å². The predicted molar refractivity (Wildman–Crippen MR) is 99.8 cm³/mol. The minimum absolute atomic E-state index is 0.0317. The van der Waals surface area contributed by atoms with Crippen LogP contribution in [0.4, 0.5) is 15.8 Å². The van der Waals surface area contributed by atoms with Gasteiger partial charge in [0.15, 0.2) is 0 Å². The third-order valence-corrected chi connectivity index (χ3v) is 3.88. The second-order valence-electron chi connectivity index (χ2n) is 5.74. The predicted octanol–water partition coefficient (Wildman–Crippen LogP) is 2.89. The summed E-state index contributed by atoms with van der Waals surface area (Å²) in [6, 6.07) is 8.74. The van der Waals surface area contributed by atoms with Crippen LogP contribution in [0.25, 0.3) is 10.9 Å². The van der Waals surface area contributed by atoms with E-state index in [1.807, 2.05) is 0 Å². The maximum absolute atomic E-state index is 13.8. The van der Waals surface area contributed by atoms with Gasteiger partial charge in [0.1, 0.15) is 17.1 Å². The average Bonchev–Trinajstić information content (AvgIpc) is 2.62. The first-order chi connectivity index (χ1) is 12.9. The normalized spacial score (nSPS) is 10.5. The molecule has 8 heteroatoms. The number of rotatable bonds is 4. The van der Waals surface area contributed by atoms with Crippen molar-refractivity contribution in [2.24, 2.45) is 0 Å². The highest BCUT2D eigenvalue weighted by molar-refractivity contribution is 6.06. The van der Waals surface area contributed by atoms with Crippen molar-refractivity contribution in [3.05, 3.63) is 64.2 Å². The molecule has 1 aromatic heterocycles. The van der Waals surface area contributed by atoms with E-state index in [4.69, 9.17) is 4.74 Å². The number of hydrogen-bond acceptors (Lipinski definition) is 4. The second kappa shape index (κ2) is 7.28. The number of para-hydroxylation sites is 1. The molecule has 0 atom stereocenters. The zero-order chi connectivity index (χ0) is 19.6. The molecule has 3 N–H and O–H groups in total. The highest BCUT2D eigenvalue weighted by Crippen LogP contribution is 2.28. The van der Waals surface area contributed by atoms with E-state index in [-0.39, 0.29) is 28.1 Å². The van der Waals surface area contributed by atoms with Gasteiger partial charge in [-0.25, -0.2) is 4.39 Å². The van der Waals surface area contributed by atoms with E-state index in [1.54, 1.807) is 12.1 Å². The van der Waals surface area contributed by atoms with Crippen molar-refractivity contribution in [3.8, 4) is 5.75 Å².